The lowest BCUT2D eigenvalue weighted by atomic mass is 10.1. The van der Waals surface area contributed by atoms with E-state index in [4.69, 9.17) is 27.9 Å². The van der Waals surface area contributed by atoms with E-state index in [-0.39, 0.29) is 18.3 Å². The molecule has 0 bridgehead atoms. The number of carbonyl (C=O) groups is 1. The second-order valence-corrected chi connectivity index (χ2v) is 8.05. The molecule has 4 rings (SSSR count). The molecule has 1 amide bonds. The Hall–Kier alpha value is -2.02. The number of rotatable bonds is 4. The highest BCUT2D eigenvalue weighted by Crippen LogP contribution is 2.34. The smallest absolute Gasteiger partial charge is 0.242 e. The molecule has 0 N–H and O–H groups in total. The highest BCUT2D eigenvalue weighted by atomic mass is 35.5. The summed E-state index contributed by atoms with van der Waals surface area (Å²) >= 11 is 12.4. The molecule has 0 aliphatic carbocycles. The van der Waals surface area contributed by atoms with Crippen LogP contribution in [0.25, 0.3) is 0 Å². The highest BCUT2D eigenvalue weighted by molar-refractivity contribution is 6.31. The minimum atomic E-state index is -0.383. The molecule has 0 aromatic heterocycles. The van der Waals surface area contributed by atoms with Crippen LogP contribution in [0.1, 0.15) is 5.56 Å². The minimum Gasteiger partial charge on any atom is -0.378 e. The summed E-state index contributed by atoms with van der Waals surface area (Å²) in [4.78, 5) is 18.9. The van der Waals surface area contributed by atoms with Crippen molar-refractivity contribution >= 4 is 40.5 Å². The van der Waals surface area contributed by atoms with Gasteiger partial charge in [0.2, 0.25) is 5.91 Å². The highest BCUT2D eigenvalue weighted by Gasteiger charge is 2.27. The van der Waals surface area contributed by atoms with Crippen LogP contribution >= 0.6 is 23.2 Å². The number of piperazine rings is 1. The lowest BCUT2D eigenvalue weighted by Gasteiger charge is -2.39. The van der Waals surface area contributed by atoms with Crippen molar-refractivity contribution in [3.05, 3.63) is 57.8 Å². The molecule has 154 valence electrons. The largest absolute Gasteiger partial charge is 0.378 e. The van der Waals surface area contributed by atoms with E-state index >= 15 is 0 Å². The Labute approximate surface area is 179 Å². The van der Waals surface area contributed by atoms with Gasteiger partial charge in [0.15, 0.2) is 0 Å². The number of anilines is 2. The van der Waals surface area contributed by atoms with Crippen LogP contribution in [0.15, 0.2) is 36.4 Å². The summed E-state index contributed by atoms with van der Waals surface area (Å²) < 4.78 is 18.7. The van der Waals surface area contributed by atoms with Gasteiger partial charge < -0.3 is 19.4 Å². The number of hydrogen-bond acceptors (Lipinski definition) is 4. The Morgan fingerprint density at radius 1 is 0.931 bits per heavy atom. The fraction of sp³-hybridized carbons (Fsp3) is 0.381. The molecule has 0 saturated carbocycles. The SMILES string of the molecule is O=C1CN(c2cc(Cl)ccc2N2CCOCC2)CCN1Cc1ccc(F)cc1Cl. The van der Waals surface area contributed by atoms with Gasteiger partial charge in [-0.25, -0.2) is 4.39 Å². The molecule has 2 aliphatic heterocycles. The summed E-state index contributed by atoms with van der Waals surface area (Å²) in [6.07, 6.45) is 0. The van der Waals surface area contributed by atoms with E-state index in [2.05, 4.69) is 9.80 Å². The second kappa shape index (κ2) is 8.78. The fourth-order valence-electron chi connectivity index (χ4n) is 3.76. The van der Waals surface area contributed by atoms with Gasteiger partial charge in [0.05, 0.1) is 31.1 Å². The van der Waals surface area contributed by atoms with Gasteiger partial charge in [0.25, 0.3) is 0 Å². The van der Waals surface area contributed by atoms with Crippen LogP contribution in [0.3, 0.4) is 0 Å². The average molecular weight is 438 g/mol. The first kappa shape index (κ1) is 20.3. The maximum atomic E-state index is 13.3. The maximum Gasteiger partial charge on any atom is 0.242 e. The zero-order valence-corrected chi connectivity index (χ0v) is 17.4. The Balaban J connectivity index is 1.50. The number of hydrogen-bond donors (Lipinski definition) is 0. The van der Waals surface area contributed by atoms with Gasteiger partial charge in [0.1, 0.15) is 5.82 Å². The molecule has 5 nitrogen and oxygen atoms in total. The number of benzene rings is 2. The Bertz CT molecular complexity index is 905. The zero-order valence-electron chi connectivity index (χ0n) is 15.9. The third-order valence-corrected chi connectivity index (χ3v) is 5.91. The predicted molar refractivity (Wildman–Crippen MR) is 114 cm³/mol. The monoisotopic (exact) mass is 437 g/mol. The lowest BCUT2D eigenvalue weighted by Crippen LogP contribution is -2.50. The van der Waals surface area contributed by atoms with Crippen molar-refractivity contribution < 1.29 is 13.9 Å². The molecule has 2 aromatic rings. The standard InChI is InChI=1S/C21H22Cl2FN3O2/c22-16-2-4-19(25-7-9-29-10-8-25)20(11-16)26-5-6-27(21(28)14-26)13-15-1-3-17(24)12-18(15)23/h1-4,11-12H,5-10,13-14H2. The summed E-state index contributed by atoms with van der Waals surface area (Å²) in [6, 6.07) is 10.1. The van der Waals surface area contributed by atoms with Crippen molar-refractivity contribution in [2.45, 2.75) is 6.54 Å². The summed E-state index contributed by atoms with van der Waals surface area (Å²) in [6.45, 7) is 4.87. The molecule has 0 unspecified atom stereocenters. The molecule has 29 heavy (non-hydrogen) atoms. The van der Waals surface area contributed by atoms with Gasteiger partial charge in [-0.3, -0.25) is 4.79 Å². The van der Waals surface area contributed by atoms with Crippen molar-refractivity contribution in [2.75, 3.05) is 55.7 Å². The van der Waals surface area contributed by atoms with Crippen molar-refractivity contribution in [1.29, 1.82) is 0 Å². The third-order valence-electron chi connectivity index (χ3n) is 5.32. The van der Waals surface area contributed by atoms with E-state index in [0.29, 0.717) is 42.9 Å². The van der Waals surface area contributed by atoms with E-state index in [0.717, 1.165) is 30.0 Å². The molecule has 0 atom stereocenters. The van der Waals surface area contributed by atoms with E-state index in [1.54, 1.807) is 11.0 Å². The van der Waals surface area contributed by atoms with Crippen LogP contribution in [0.4, 0.5) is 15.8 Å². The summed E-state index contributed by atoms with van der Waals surface area (Å²) in [5.74, 6) is -0.379. The van der Waals surface area contributed by atoms with Gasteiger partial charge in [0, 0.05) is 42.8 Å². The molecule has 2 fully saturated rings. The summed E-state index contributed by atoms with van der Waals surface area (Å²) in [5, 5.41) is 0.981. The summed E-state index contributed by atoms with van der Waals surface area (Å²) in [7, 11) is 0. The van der Waals surface area contributed by atoms with Crippen LogP contribution in [-0.4, -0.2) is 56.7 Å². The van der Waals surface area contributed by atoms with E-state index in [1.807, 2.05) is 18.2 Å². The van der Waals surface area contributed by atoms with Gasteiger partial charge in [-0.2, -0.15) is 0 Å². The Morgan fingerprint density at radius 3 is 2.45 bits per heavy atom. The average Bonchev–Trinajstić information content (AvgIpc) is 2.72. The number of carbonyl (C=O) groups excluding carboxylic acids is 1. The molecule has 2 aromatic carbocycles. The quantitative estimate of drug-likeness (QED) is 0.728. The molecule has 2 aliphatic rings. The first-order valence-corrected chi connectivity index (χ1v) is 10.4. The molecule has 0 radical (unpaired) electrons. The van der Waals surface area contributed by atoms with E-state index in [9.17, 15) is 9.18 Å². The fourth-order valence-corrected chi connectivity index (χ4v) is 4.15. The van der Waals surface area contributed by atoms with Crippen molar-refractivity contribution in [1.82, 2.24) is 4.90 Å². The van der Waals surface area contributed by atoms with Crippen LogP contribution in [-0.2, 0) is 16.1 Å². The summed E-state index contributed by atoms with van der Waals surface area (Å²) in [5.41, 5.74) is 2.78. The number of morpholine rings is 1. The van der Waals surface area contributed by atoms with Crippen LogP contribution in [0.5, 0.6) is 0 Å². The molecule has 8 heteroatoms. The van der Waals surface area contributed by atoms with Gasteiger partial charge in [-0.1, -0.05) is 29.3 Å². The number of halogens is 3. The van der Waals surface area contributed by atoms with Crippen LogP contribution in [0.2, 0.25) is 10.0 Å². The molecular weight excluding hydrogens is 416 g/mol. The Kier molecular flexibility index (Phi) is 6.13. The topological polar surface area (TPSA) is 36.0 Å². The van der Waals surface area contributed by atoms with Crippen LogP contribution < -0.4 is 9.80 Å². The first-order chi connectivity index (χ1) is 14.0. The van der Waals surface area contributed by atoms with Gasteiger partial charge >= 0.3 is 0 Å². The normalized spacial score (nSPS) is 17.8. The minimum absolute atomic E-state index is 0.00421. The number of amides is 1. The van der Waals surface area contributed by atoms with E-state index < -0.39 is 0 Å². The lowest BCUT2D eigenvalue weighted by molar-refractivity contribution is -0.131. The van der Waals surface area contributed by atoms with Gasteiger partial charge in [-0.15, -0.1) is 0 Å². The van der Waals surface area contributed by atoms with Crippen molar-refractivity contribution in [3.8, 4) is 0 Å². The molecule has 0 spiro atoms. The Morgan fingerprint density at radius 2 is 1.72 bits per heavy atom. The van der Waals surface area contributed by atoms with E-state index in [1.165, 1.54) is 12.1 Å². The van der Waals surface area contributed by atoms with Crippen LogP contribution in [0, 0.1) is 5.82 Å². The second-order valence-electron chi connectivity index (χ2n) is 7.21. The van der Waals surface area contributed by atoms with Crippen molar-refractivity contribution in [2.24, 2.45) is 0 Å². The zero-order chi connectivity index (χ0) is 20.4. The number of nitrogens with zero attached hydrogens (tertiary/aromatic N) is 3. The first-order valence-electron chi connectivity index (χ1n) is 9.60. The molecule has 2 heterocycles. The van der Waals surface area contributed by atoms with Gasteiger partial charge in [-0.05, 0) is 35.9 Å². The number of ether oxygens (including phenoxy) is 1. The molecular formula is C21H22Cl2FN3O2. The predicted octanol–water partition coefficient (Wildman–Crippen LogP) is 3.82. The molecule has 2 saturated heterocycles. The third kappa shape index (κ3) is 4.60. The van der Waals surface area contributed by atoms with Crippen molar-refractivity contribution in [3.63, 3.8) is 0 Å². The maximum absolute atomic E-state index is 13.3.